The van der Waals surface area contributed by atoms with E-state index in [1.165, 1.54) is 0 Å². The lowest BCUT2D eigenvalue weighted by atomic mass is 9.80. The van der Waals surface area contributed by atoms with Crippen molar-refractivity contribution in [3.05, 3.63) is 52.0 Å². The van der Waals surface area contributed by atoms with Crippen LogP contribution in [0.25, 0.3) is 0 Å². The number of rotatable bonds is 2. The second kappa shape index (κ2) is 6.10. The van der Waals surface area contributed by atoms with Gasteiger partial charge in [0, 0.05) is 16.1 Å². The summed E-state index contributed by atoms with van der Waals surface area (Å²) in [6, 6.07) is 9.57. The Morgan fingerprint density at radius 2 is 2.00 bits per heavy atom. The average Bonchev–Trinajstić information content (AvgIpc) is 2.89. The van der Waals surface area contributed by atoms with Crippen LogP contribution in [-0.4, -0.2) is 24.3 Å². The first kappa shape index (κ1) is 18.1. The fourth-order valence-corrected chi connectivity index (χ4v) is 4.47. The lowest BCUT2D eigenvalue weighted by molar-refractivity contribution is -0.113. The smallest absolute Gasteiger partial charge is 0.278 e. The molecular formula is C22H23ClN2O2. The summed E-state index contributed by atoms with van der Waals surface area (Å²) in [6.07, 6.45) is 0.891. The Hall–Kier alpha value is -2.33. The maximum atomic E-state index is 13.4. The van der Waals surface area contributed by atoms with Crippen LogP contribution in [0.15, 0.2) is 35.3 Å². The van der Waals surface area contributed by atoms with Gasteiger partial charge in [-0.25, -0.2) is 4.99 Å². The quantitative estimate of drug-likeness (QED) is 0.696. The van der Waals surface area contributed by atoms with Crippen molar-refractivity contribution in [3.8, 4) is 5.75 Å². The molecule has 0 saturated heterocycles. The summed E-state index contributed by atoms with van der Waals surface area (Å²) >= 11 is 6.25. The van der Waals surface area contributed by atoms with Crippen LogP contribution >= 0.6 is 11.6 Å². The second-order valence-corrected chi connectivity index (χ2v) is 8.47. The van der Waals surface area contributed by atoms with E-state index in [1.807, 2.05) is 36.1 Å². The van der Waals surface area contributed by atoms with E-state index < -0.39 is 0 Å². The van der Waals surface area contributed by atoms with E-state index in [0.717, 1.165) is 34.5 Å². The zero-order valence-electron chi connectivity index (χ0n) is 16.3. The van der Waals surface area contributed by atoms with Gasteiger partial charge >= 0.3 is 0 Å². The van der Waals surface area contributed by atoms with Crippen molar-refractivity contribution in [2.45, 2.75) is 45.6 Å². The van der Waals surface area contributed by atoms with Gasteiger partial charge in [0.2, 0.25) is 0 Å². The highest BCUT2D eigenvalue weighted by Gasteiger charge is 2.48. The van der Waals surface area contributed by atoms with Crippen LogP contribution in [0, 0.1) is 6.92 Å². The maximum absolute atomic E-state index is 13.4. The average molecular weight is 383 g/mol. The molecule has 0 N–H and O–H groups in total. The van der Waals surface area contributed by atoms with E-state index in [4.69, 9.17) is 21.3 Å². The number of halogens is 1. The maximum Gasteiger partial charge on any atom is 0.278 e. The lowest BCUT2D eigenvalue weighted by Gasteiger charge is -2.43. The van der Waals surface area contributed by atoms with E-state index in [-0.39, 0.29) is 11.4 Å². The minimum atomic E-state index is -0.269. The summed E-state index contributed by atoms with van der Waals surface area (Å²) < 4.78 is 5.50. The Bertz CT molecular complexity index is 994. The molecule has 5 heteroatoms. The number of carbonyl (C=O) groups excluding carboxylic acids is 1. The third kappa shape index (κ3) is 2.74. The van der Waals surface area contributed by atoms with Crippen molar-refractivity contribution < 1.29 is 9.53 Å². The molecule has 0 spiro atoms. The predicted molar refractivity (Wildman–Crippen MR) is 110 cm³/mol. The standard InChI is InChI=1S/C22H23ClN2O2/c1-12-6-7-14(8-18(12)23)24-19-17-10-15(27-5)9-16-13(2)11-22(3,4)25(20(16)17)21(19)26/h6-10,13H,11H2,1-5H3/t13-/m0/s1. The number of nitrogens with zero attached hydrogens (tertiary/aromatic N) is 2. The normalized spacial score (nSPS) is 21.6. The van der Waals surface area contributed by atoms with E-state index in [1.54, 1.807) is 13.2 Å². The number of aliphatic imine (C=N–C) groups is 1. The molecule has 2 heterocycles. The molecule has 0 fully saturated rings. The summed E-state index contributed by atoms with van der Waals surface area (Å²) in [6.45, 7) is 8.38. The van der Waals surface area contributed by atoms with Gasteiger partial charge in [-0.15, -0.1) is 0 Å². The van der Waals surface area contributed by atoms with Crippen LogP contribution in [0.4, 0.5) is 11.4 Å². The minimum absolute atomic E-state index is 0.0619. The Morgan fingerprint density at radius 3 is 2.67 bits per heavy atom. The SMILES string of the molecule is COc1cc2c3c(c1)[C@@H](C)CC(C)(C)N3C(=O)C2=Nc1ccc(C)c(Cl)c1. The highest BCUT2D eigenvalue weighted by Crippen LogP contribution is 2.50. The van der Waals surface area contributed by atoms with Crippen molar-refractivity contribution in [2.75, 3.05) is 12.0 Å². The van der Waals surface area contributed by atoms with Gasteiger partial charge < -0.3 is 9.64 Å². The van der Waals surface area contributed by atoms with Gasteiger partial charge in [-0.1, -0.05) is 24.6 Å². The number of hydrogen-bond donors (Lipinski definition) is 0. The van der Waals surface area contributed by atoms with Crippen LogP contribution in [0.2, 0.25) is 5.02 Å². The highest BCUT2D eigenvalue weighted by molar-refractivity contribution is 6.55. The Balaban J connectivity index is 1.96. The number of anilines is 1. The van der Waals surface area contributed by atoms with E-state index >= 15 is 0 Å². The molecule has 1 amide bonds. The first-order chi connectivity index (χ1) is 12.7. The summed E-state index contributed by atoms with van der Waals surface area (Å²) in [5, 5.41) is 0.643. The number of amides is 1. The fraction of sp³-hybridized carbons (Fsp3) is 0.364. The number of ether oxygens (including phenoxy) is 1. The topological polar surface area (TPSA) is 41.9 Å². The van der Waals surface area contributed by atoms with Crippen molar-refractivity contribution in [3.63, 3.8) is 0 Å². The number of methoxy groups -OCH3 is 1. The van der Waals surface area contributed by atoms with Gasteiger partial charge in [0.05, 0.1) is 18.5 Å². The molecule has 0 unspecified atom stereocenters. The van der Waals surface area contributed by atoms with Crippen molar-refractivity contribution in [1.29, 1.82) is 0 Å². The Morgan fingerprint density at radius 1 is 1.26 bits per heavy atom. The van der Waals surface area contributed by atoms with Gasteiger partial charge in [0.25, 0.3) is 5.91 Å². The largest absolute Gasteiger partial charge is 0.497 e. The molecule has 4 nitrogen and oxygen atoms in total. The summed E-state index contributed by atoms with van der Waals surface area (Å²) in [5.74, 6) is 1.02. The molecule has 0 aliphatic carbocycles. The van der Waals surface area contributed by atoms with Crippen molar-refractivity contribution in [2.24, 2.45) is 4.99 Å². The molecule has 0 aromatic heterocycles. The van der Waals surface area contributed by atoms with Gasteiger partial charge in [-0.2, -0.15) is 0 Å². The summed E-state index contributed by atoms with van der Waals surface area (Å²) in [7, 11) is 1.65. The fourth-order valence-electron chi connectivity index (χ4n) is 4.29. The van der Waals surface area contributed by atoms with E-state index in [0.29, 0.717) is 22.3 Å². The molecule has 2 aromatic rings. The summed E-state index contributed by atoms with van der Waals surface area (Å²) in [4.78, 5) is 20.0. The molecule has 0 radical (unpaired) electrons. The van der Waals surface area contributed by atoms with Gasteiger partial charge in [-0.3, -0.25) is 4.79 Å². The van der Waals surface area contributed by atoms with Crippen molar-refractivity contribution >= 4 is 34.6 Å². The molecule has 2 aliphatic rings. The number of hydrogen-bond acceptors (Lipinski definition) is 3. The van der Waals surface area contributed by atoms with Gasteiger partial charge in [0.15, 0.2) is 0 Å². The molecule has 0 saturated carbocycles. The van der Waals surface area contributed by atoms with E-state index in [2.05, 4.69) is 20.8 Å². The van der Waals surface area contributed by atoms with Crippen LogP contribution in [0.5, 0.6) is 5.75 Å². The number of carbonyl (C=O) groups is 1. The van der Waals surface area contributed by atoms with Crippen LogP contribution in [0.3, 0.4) is 0 Å². The number of benzene rings is 2. The third-order valence-corrected chi connectivity index (χ3v) is 5.98. The number of aryl methyl sites for hydroxylation is 1. The van der Waals surface area contributed by atoms with Gasteiger partial charge in [-0.05, 0) is 68.5 Å². The summed E-state index contributed by atoms with van der Waals surface area (Å²) in [5.41, 5.74) is 4.80. The van der Waals surface area contributed by atoms with Crippen LogP contribution < -0.4 is 9.64 Å². The second-order valence-electron chi connectivity index (χ2n) is 8.06. The lowest BCUT2D eigenvalue weighted by Crippen LogP contribution is -2.50. The first-order valence-corrected chi connectivity index (χ1v) is 9.52. The zero-order valence-corrected chi connectivity index (χ0v) is 17.0. The first-order valence-electron chi connectivity index (χ1n) is 9.14. The zero-order chi connectivity index (χ0) is 19.5. The molecule has 140 valence electrons. The highest BCUT2D eigenvalue weighted by atomic mass is 35.5. The molecular weight excluding hydrogens is 360 g/mol. The third-order valence-electron chi connectivity index (χ3n) is 5.57. The van der Waals surface area contributed by atoms with Crippen molar-refractivity contribution in [1.82, 2.24) is 0 Å². The molecule has 2 aromatic carbocycles. The molecule has 2 aliphatic heterocycles. The molecule has 1 atom stereocenters. The Kier molecular flexibility index (Phi) is 4.08. The van der Waals surface area contributed by atoms with Crippen LogP contribution in [0.1, 0.15) is 49.8 Å². The molecule has 4 rings (SSSR count). The molecule has 0 bridgehead atoms. The Labute approximate surface area is 164 Å². The van der Waals surface area contributed by atoms with Crippen LogP contribution in [-0.2, 0) is 4.79 Å². The van der Waals surface area contributed by atoms with E-state index in [9.17, 15) is 4.79 Å². The minimum Gasteiger partial charge on any atom is -0.497 e. The monoisotopic (exact) mass is 382 g/mol. The van der Waals surface area contributed by atoms with Gasteiger partial charge in [0.1, 0.15) is 11.5 Å². The predicted octanol–water partition coefficient (Wildman–Crippen LogP) is 5.41. The molecule has 27 heavy (non-hydrogen) atoms.